The van der Waals surface area contributed by atoms with Gasteiger partial charge < -0.3 is 15.2 Å². The van der Waals surface area contributed by atoms with Crippen LogP contribution in [0.4, 0.5) is 4.39 Å². The highest BCUT2D eigenvalue weighted by molar-refractivity contribution is 5.28. The van der Waals surface area contributed by atoms with Gasteiger partial charge in [0.2, 0.25) is 0 Å². The molecule has 0 aromatic heterocycles. The summed E-state index contributed by atoms with van der Waals surface area (Å²) in [6, 6.07) is 5.56. The van der Waals surface area contributed by atoms with E-state index in [-0.39, 0.29) is 24.1 Å². The smallest absolute Gasteiger partial charge is 0.129 e. The molecular weight excluding hydrogens is 257 g/mol. The zero-order valence-corrected chi connectivity index (χ0v) is 11.9. The number of benzene rings is 1. The average molecular weight is 279 g/mol. The van der Waals surface area contributed by atoms with Gasteiger partial charge in [-0.05, 0) is 44.2 Å². The lowest BCUT2D eigenvalue weighted by atomic mass is 9.98. The van der Waals surface area contributed by atoms with Crippen LogP contribution in [0.3, 0.4) is 0 Å². The van der Waals surface area contributed by atoms with E-state index in [1.165, 1.54) is 18.9 Å². The van der Waals surface area contributed by atoms with Crippen LogP contribution in [0.5, 0.6) is 5.75 Å². The summed E-state index contributed by atoms with van der Waals surface area (Å²) in [5.41, 5.74) is 0.429. The Morgan fingerprint density at radius 1 is 1.40 bits per heavy atom. The number of aliphatic hydroxyl groups excluding tert-OH is 1. The van der Waals surface area contributed by atoms with Crippen molar-refractivity contribution in [2.24, 2.45) is 0 Å². The van der Waals surface area contributed by atoms with Crippen molar-refractivity contribution >= 4 is 0 Å². The summed E-state index contributed by atoms with van der Waals surface area (Å²) in [5, 5.41) is 13.2. The van der Waals surface area contributed by atoms with Crippen LogP contribution < -0.4 is 10.1 Å². The van der Waals surface area contributed by atoms with Gasteiger partial charge in [-0.2, -0.15) is 0 Å². The van der Waals surface area contributed by atoms with E-state index in [0.717, 1.165) is 19.3 Å². The van der Waals surface area contributed by atoms with Gasteiger partial charge in [-0.25, -0.2) is 4.39 Å². The quantitative estimate of drug-likeness (QED) is 0.870. The second-order valence-corrected chi connectivity index (χ2v) is 6.25. The Kier molecular flexibility index (Phi) is 3.69. The van der Waals surface area contributed by atoms with Crippen LogP contribution in [0.1, 0.15) is 37.7 Å². The second kappa shape index (κ2) is 5.34. The molecule has 2 N–H and O–H groups in total. The summed E-state index contributed by atoms with van der Waals surface area (Å²) in [6.45, 7) is 1.89. The minimum absolute atomic E-state index is 0.0514. The van der Waals surface area contributed by atoms with Crippen LogP contribution in [0.25, 0.3) is 0 Å². The molecule has 2 saturated carbocycles. The first-order chi connectivity index (χ1) is 9.60. The van der Waals surface area contributed by atoms with Gasteiger partial charge in [-0.15, -0.1) is 0 Å². The van der Waals surface area contributed by atoms with Crippen molar-refractivity contribution < 1.29 is 14.2 Å². The minimum atomic E-state index is -0.231. The zero-order chi connectivity index (χ0) is 14.2. The minimum Gasteiger partial charge on any atom is -0.490 e. The number of nitrogens with one attached hydrogen (secondary N) is 1. The molecule has 2 aliphatic rings. The predicted molar refractivity (Wildman–Crippen MR) is 75.4 cm³/mol. The number of ether oxygens (including phenoxy) is 1. The van der Waals surface area contributed by atoms with E-state index in [1.54, 1.807) is 13.0 Å². The Balaban J connectivity index is 1.62. The maximum Gasteiger partial charge on any atom is 0.129 e. The Bertz CT molecular complexity index is 489. The van der Waals surface area contributed by atoms with Gasteiger partial charge in [0.1, 0.15) is 17.7 Å². The topological polar surface area (TPSA) is 41.5 Å². The van der Waals surface area contributed by atoms with Crippen LogP contribution in [-0.4, -0.2) is 29.4 Å². The molecule has 3 nitrogen and oxygen atoms in total. The number of hydrogen-bond acceptors (Lipinski definition) is 3. The van der Waals surface area contributed by atoms with Crippen molar-refractivity contribution in [3.05, 3.63) is 29.6 Å². The van der Waals surface area contributed by atoms with Gasteiger partial charge >= 0.3 is 0 Å². The number of hydrogen-bond donors (Lipinski definition) is 2. The van der Waals surface area contributed by atoms with Gasteiger partial charge in [0, 0.05) is 24.1 Å². The fourth-order valence-electron chi connectivity index (χ4n) is 3.00. The van der Waals surface area contributed by atoms with Crippen LogP contribution in [-0.2, 0) is 0 Å². The summed E-state index contributed by atoms with van der Waals surface area (Å²) in [6.07, 6.45) is 5.06. The molecule has 4 heteroatoms. The first-order valence-electron chi connectivity index (χ1n) is 7.42. The third-order valence-electron chi connectivity index (χ3n) is 4.40. The van der Waals surface area contributed by atoms with Crippen molar-refractivity contribution in [2.75, 3.05) is 6.61 Å². The van der Waals surface area contributed by atoms with E-state index in [4.69, 9.17) is 4.74 Å². The highest BCUT2D eigenvalue weighted by atomic mass is 19.1. The molecule has 20 heavy (non-hydrogen) atoms. The van der Waals surface area contributed by atoms with Crippen LogP contribution in [0.15, 0.2) is 18.2 Å². The van der Waals surface area contributed by atoms with Crippen LogP contribution in [0.2, 0.25) is 0 Å². The molecule has 0 bridgehead atoms. The summed E-state index contributed by atoms with van der Waals surface area (Å²) >= 11 is 0. The summed E-state index contributed by atoms with van der Waals surface area (Å²) in [5.74, 6) is 0.350. The lowest BCUT2D eigenvalue weighted by Crippen LogP contribution is -2.48. The van der Waals surface area contributed by atoms with Crippen LogP contribution >= 0.6 is 0 Å². The van der Waals surface area contributed by atoms with E-state index in [1.807, 2.05) is 6.07 Å². The molecule has 2 fully saturated rings. The van der Waals surface area contributed by atoms with Crippen molar-refractivity contribution in [2.45, 2.75) is 56.7 Å². The zero-order valence-electron chi connectivity index (χ0n) is 11.9. The van der Waals surface area contributed by atoms with Crippen LogP contribution in [0, 0.1) is 12.7 Å². The van der Waals surface area contributed by atoms with Gasteiger partial charge in [-0.1, -0.05) is 6.07 Å². The maximum absolute atomic E-state index is 13.5. The SMILES string of the molecule is Cc1ccc(OC2CCC(CO)(NC3CC3)C2)cc1F. The normalized spacial score (nSPS) is 29.6. The molecular formula is C16H22FNO2. The lowest BCUT2D eigenvalue weighted by molar-refractivity contribution is 0.139. The molecule has 0 spiro atoms. The summed E-state index contributed by atoms with van der Waals surface area (Å²) < 4.78 is 19.4. The summed E-state index contributed by atoms with van der Waals surface area (Å²) in [7, 11) is 0. The first kappa shape index (κ1) is 13.8. The van der Waals surface area contributed by atoms with Gasteiger partial charge in [0.25, 0.3) is 0 Å². The molecule has 2 aliphatic carbocycles. The Morgan fingerprint density at radius 2 is 2.20 bits per heavy atom. The number of aliphatic hydroxyl groups is 1. The number of rotatable bonds is 5. The molecule has 110 valence electrons. The highest BCUT2D eigenvalue weighted by Crippen LogP contribution is 2.35. The first-order valence-corrected chi connectivity index (χ1v) is 7.42. The molecule has 1 aromatic rings. The van der Waals surface area contributed by atoms with E-state index in [2.05, 4.69) is 5.32 Å². The number of halogens is 1. The molecule has 2 atom stereocenters. The second-order valence-electron chi connectivity index (χ2n) is 6.25. The number of aryl methyl sites for hydroxylation is 1. The molecule has 0 heterocycles. The molecule has 1 aromatic carbocycles. The monoisotopic (exact) mass is 279 g/mol. The third-order valence-corrected chi connectivity index (χ3v) is 4.40. The lowest BCUT2D eigenvalue weighted by Gasteiger charge is -2.28. The molecule has 0 radical (unpaired) electrons. The maximum atomic E-state index is 13.5. The molecule has 2 unspecified atom stereocenters. The average Bonchev–Trinajstić information content (AvgIpc) is 3.15. The van der Waals surface area contributed by atoms with Crippen molar-refractivity contribution in [1.82, 2.24) is 5.32 Å². The van der Waals surface area contributed by atoms with Gasteiger partial charge in [0.05, 0.1) is 6.61 Å². The molecule has 0 saturated heterocycles. The summed E-state index contributed by atoms with van der Waals surface area (Å²) in [4.78, 5) is 0. The van der Waals surface area contributed by atoms with Gasteiger partial charge in [0.15, 0.2) is 0 Å². The Morgan fingerprint density at radius 3 is 2.85 bits per heavy atom. The largest absolute Gasteiger partial charge is 0.490 e. The van der Waals surface area contributed by atoms with E-state index in [9.17, 15) is 9.50 Å². The molecule has 3 rings (SSSR count). The van der Waals surface area contributed by atoms with E-state index >= 15 is 0 Å². The van der Waals surface area contributed by atoms with Crippen molar-refractivity contribution in [3.63, 3.8) is 0 Å². The van der Waals surface area contributed by atoms with E-state index < -0.39 is 0 Å². The standard InChI is InChI=1S/C16H22FNO2/c1-11-2-5-13(8-15(11)17)20-14-6-7-16(9-14,10-19)18-12-3-4-12/h2,5,8,12,14,18-19H,3-4,6-7,9-10H2,1H3. The predicted octanol–water partition coefficient (Wildman–Crippen LogP) is 2.55. The van der Waals surface area contributed by atoms with Crippen molar-refractivity contribution in [1.29, 1.82) is 0 Å². The van der Waals surface area contributed by atoms with Crippen molar-refractivity contribution in [3.8, 4) is 5.75 Å². The molecule has 0 amide bonds. The van der Waals surface area contributed by atoms with Gasteiger partial charge in [-0.3, -0.25) is 0 Å². The highest BCUT2D eigenvalue weighted by Gasteiger charge is 2.42. The fraction of sp³-hybridized carbons (Fsp3) is 0.625. The Labute approximate surface area is 119 Å². The third kappa shape index (κ3) is 2.96. The van der Waals surface area contributed by atoms with E-state index in [0.29, 0.717) is 17.4 Å². The fourth-order valence-corrected chi connectivity index (χ4v) is 3.00. The molecule has 0 aliphatic heterocycles. The Hall–Kier alpha value is -1.13.